The summed E-state index contributed by atoms with van der Waals surface area (Å²) in [6, 6.07) is 1.79. The Morgan fingerprint density at radius 1 is 1.44 bits per heavy atom. The minimum atomic E-state index is 0.272. The lowest BCUT2D eigenvalue weighted by molar-refractivity contribution is 0.256. The molecule has 0 saturated carbocycles. The summed E-state index contributed by atoms with van der Waals surface area (Å²) < 4.78 is 5.40. The van der Waals surface area contributed by atoms with Crippen molar-refractivity contribution in [2.75, 3.05) is 31.1 Å². The molecule has 1 aromatic rings. The standard InChI is InChI=1S/C13H22N4O/c1-3-18-11-4-7-15-12(16-11)17-8-5-13(2,10-14)6-9-17/h4,7H,3,5-6,8-10,14H2,1-2H3. The number of anilines is 1. The highest BCUT2D eigenvalue weighted by Gasteiger charge is 2.29. The van der Waals surface area contributed by atoms with Crippen molar-refractivity contribution in [1.82, 2.24) is 9.97 Å². The molecule has 0 aliphatic carbocycles. The lowest BCUT2D eigenvalue weighted by atomic mass is 9.81. The van der Waals surface area contributed by atoms with Gasteiger partial charge in [-0.05, 0) is 31.7 Å². The summed E-state index contributed by atoms with van der Waals surface area (Å²) in [6.07, 6.45) is 3.93. The first-order valence-corrected chi connectivity index (χ1v) is 6.58. The minimum absolute atomic E-state index is 0.272. The van der Waals surface area contributed by atoms with Gasteiger partial charge in [0.15, 0.2) is 0 Å². The molecule has 1 aliphatic heterocycles. The molecule has 1 aromatic heterocycles. The fourth-order valence-electron chi connectivity index (χ4n) is 2.16. The molecule has 1 saturated heterocycles. The van der Waals surface area contributed by atoms with Crippen LogP contribution in [0, 0.1) is 5.41 Å². The Morgan fingerprint density at radius 2 is 2.17 bits per heavy atom. The lowest BCUT2D eigenvalue weighted by Crippen LogP contribution is -2.42. The second-order valence-corrected chi connectivity index (χ2v) is 5.13. The average molecular weight is 250 g/mol. The molecule has 100 valence electrons. The van der Waals surface area contributed by atoms with Crippen molar-refractivity contribution in [1.29, 1.82) is 0 Å². The van der Waals surface area contributed by atoms with E-state index in [2.05, 4.69) is 21.8 Å². The van der Waals surface area contributed by atoms with Gasteiger partial charge in [-0.25, -0.2) is 4.98 Å². The molecular formula is C13H22N4O. The Labute approximate surface area is 108 Å². The molecule has 2 rings (SSSR count). The quantitative estimate of drug-likeness (QED) is 0.876. The third-order valence-corrected chi connectivity index (χ3v) is 3.66. The van der Waals surface area contributed by atoms with Gasteiger partial charge < -0.3 is 15.4 Å². The number of rotatable bonds is 4. The summed E-state index contributed by atoms with van der Waals surface area (Å²) in [7, 11) is 0. The van der Waals surface area contributed by atoms with Gasteiger partial charge in [0.1, 0.15) is 0 Å². The molecule has 0 amide bonds. The molecule has 2 N–H and O–H groups in total. The van der Waals surface area contributed by atoms with E-state index in [0.717, 1.165) is 38.4 Å². The van der Waals surface area contributed by atoms with Gasteiger partial charge in [-0.15, -0.1) is 0 Å². The Kier molecular flexibility index (Phi) is 4.01. The van der Waals surface area contributed by atoms with E-state index >= 15 is 0 Å². The predicted molar refractivity (Wildman–Crippen MR) is 71.8 cm³/mol. The second kappa shape index (κ2) is 5.52. The van der Waals surface area contributed by atoms with Crippen molar-refractivity contribution in [2.24, 2.45) is 11.1 Å². The molecule has 0 spiro atoms. The Morgan fingerprint density at radius 3 is 2.78 bits per heavy atom. The van der Waals surface area contributed by atoms with Crippen LogP contribution in [0.4, 0.5) is 5.95 Å². The van der Waals surface area contributed by atoms with Crippen LogP contribution in [-0.2, 0) is 0 Å². The van der Waals surface area contributed by atoms with Crippen LogP contribution in [0.25, 0.3) is 0 Å². The van der Waals surface area contributed by atoms with Crippen molar-refractivity contribution in [3.8, 4) is 5.88 Å². The van der Waals surface area contributed by atoms with E-state index in [1.165, 1.54) is 0 Å². The van der Waals surface area contributed by atoms with E-state index in [1.54, 1.807) is 12.3 Å². The number of ether oxygens (including phenoxy) is 1. The second-order valence-electron chi connectivity index (χ2n) is 5.13. The molecule has 2 heterocycles. The predicted octanol–water partition coefficient (Wildman–Crippen LogP) is 1.44. The zero-order chi connectivity index (χ0) is 13.0. The van der Waals surface area contributed by atoms with Crippen LogP contribution < -0.4 is 15.4 Å². The van der Waals surface area contributed by atoms with Crippen molar-refractivity contribution in [3.05, 3.63) is 12.3 Å². The maximum absolute atomic E-state index is 5.82. The topological polar surface area (TPSA) is 64.3 Å². The van der Waals surface area contributed by atoms with Gasteiger partial charge in [0, 0.05) is 25.4 Å². The van der Waals surface area contributed by atoms with Gasteiger partial charge in [-0.2, -0.15) is 4.98 Å². The average Bonchev–Trinajstić information content (AvgIpc) is 2.40. The summed E-state index contributed by atoms with van der Waals surface area (Å²) >= 11 is 0. The minimum Gasteiger partial charge on any atom is -0.478 e. The zero-order valence-electron chi connectivity index (χ0n) is 11.2. The van der Waals surface area contributed by atoms with Crippen molar-refractivity contribution in [2.45, 2.75) is 26.7 Å². The molecule has 0 unspecified atom stereocenters. The molecule has 0 atom stereocenters. The summed E-state index contributed by atoms with van der Waals surface area (Å²) in [5.74, 6) is 1.41. The van der Waals surface area contributed by atoms with E-state index in [4.69, 9.17) is 10.5 Å². The molecule has 1 aliphatic rings. The van der Waals surface area contributed by atoms with E-state index in [1.807, 2.05) is 6.92 Å². The van der Waals surface area contributed by atoms with Gasteiger partial charge in [-0.3, -0.25) is 0 Å². The van der Waals surface area contributed by atoms with E-state index < -0.39 is 0 Å². The van der Waals surface area contributed by atoms with Crippen LogP contribution in [0.1, 0.15) is 26.7 Å². The zero-order valence-corrected chi connectivity index (χ0v) is 11.2. The Hall–Kier alpha value is -1.36. The van der Waals surface area contributed by atoms with Crippen LogP contribution in [0.5, 0.6) is 5.88 Å². The van der Waals surface area contributed by atoms with Crippen LogP contribution in [0.2, 0.25) is 0 Å². The molecule has 18 heavy (non-hydrogen) atoms. The molecule has 0 radical (unpaired) electrons. The highest BCUT2D eigenvalue weighted by atomic mass is 16.5. The summed E-state index contributed by atoms with van der Waals surface area (Å²) in [4.78, 5) is 11.0. The van der Waals surface area contributed by atoms with E-state index in [-0.39, 0.29) is 5.41 Å². The maximum atomic E-state index is 5.82. The Balaban J connectivity index is 2.03. The molecule has 5 nitrogen and oxygen atoms in total. The monoisotopic (exact) mass is 250 g/mol. The number of nitrogens with zero attached hydrogens (tertiary/aromatic N) is 3. The largest absolute Gasteiger partial charge is 0.478 e. The number of piperidine rings is 1. The normalized spacial score (nSPS) is 18.7. The van der Waals surface area contributed by atoms with Crippen molar-refractivity contribution >= 4 is 5.95 Å². The first kappa shape index (κ1) is 13.1. The van der Waals surface area contributed by atoms with Crippen molar-refractivity contribution in [3.63, 3.8) is 0 Å². The first-order chi connectivity index (χ1) is 8.67. The van der Waals surface area contributed by atoms with Gasteiger partial charge in [0.25, 0.3) is 0 Å². The smallest absolute Gasteiger partial charge is 0.228 e. The highest BCUT2D eigenvalue weighted by Crippen LogP contribution is 2.30. The fraction of sp³-hybridized carbons (Fsp3) is 0.692. The van der Waals surface area contributed by atoms with Gasteiger partial charge >= 0.3 is 0 Å². The lowest BCUT2D eigenvalue weighted by Gasteiger charge is -2.38. The number of hydrogen-bond donors (Lipinski definition) is 1. The SMILES string of the molecule is CCOc1ccnc(N2CCC(C)(CN)CC2)n1. The third kappa shape index (κ3) is 2.90. The van der Waals surface area contributed by atoms with Crippen molar-refractivity contribution < 1.29 is 4.74 Å². The first-order valence-electron chi connectivity index (χ1n) is 6.58. The van der Waals surface area contributed by atoms with Gasteiger partial charge in [-0.1, -0.05) is 6.92 Å². The van der Waals surface area contributed by atoms with E-state index in [9.17, 15) is 0 Å². The summed E-state index contributed by atoms with van der Waals surface area (Å²) in [6.45, 7) is 7.51. The van der Waals surface area contributed by atoms with Crippen LogP contribution in [-0.4, -0.2) is 36.2 Å². The molecule has 1 fully saturated rings. The van der Waals surface area contributed by atoms with Crippen LogP contribution in [0.3, 0.4) is 0 Å². The third-order valence-electron chi connectivity index (χ3n) is 3.66. The van der Waals surface area contributed by atoms with E-state index in [0.29, 0.717) is 12.5 Å². The molecule has 5 heteroatoms. The van der Waals surface area contributed by atoms with Gasteiger partial charge in [0.2, 0.25) is 11.8 Å². The molecule has 0 aromatic carbocycles. The van der Waals surface area contributed by atoms with Gasteiger partial charge in [0.05, 0.1) is 6.61 Å². The molecule has 0 bridgehead atoms. The summed E-state index contributed by atoms with van der Waals surface area (Å²) in [5, 5.41) is 0. The number of hydrogen-bond acceptors (Lipinski definition) is 5. The molecular weight excluding hydrogens is 228 g/mol. The number of nitrogens with two attached hydrogens (primary N) is 1. The Bertz CT molecular complexity index is 388. The fourth-order valence-corrected chi connectivity index (χ4v) is 2.16. The maximum Gasteiger partial charge on any atom is 0.228 e. The summed E-state index contributed by atoms with van der Waals surface area (Å²) in [5.41, 5.74) is 6.09. The highest BCUT2D eigenvalue weighted by molar-refractivity contribution is 5.32. The van der Waals surface area contributed by atoms with Crippen LogP contribution >= 0.6 is 0 Å². The number of aromatic nitrogens is 2. The van der Waals surface area contributed by atoms with Crippen LogP contribution in [0.15, 0.2) is 12.3 Å².